The second-order valence-corrected chi connectivity index (χ2v) is 8.68. The third-order valence-corrected chi connectivity index (χ3v) is 5.33. The number of hydrogen-bond donors (Lipinski definition) is 0. The van der Waals surface area contributed by atoms with Gasteiger partial charge in [0, 0.05) is 11.6 Å². The lowest BCUT2D eigenvalue weighted by atomic mass is 9.86. The van der Waals surface area contributed by atoms with E-state index in [-0.39, 0.29) is 28.1 Å². The molecule has 34 heavy (non-hydrogen) atoms. The van der Waals surface area contributed by atoms with Gasteiger partial charge in [-0.1, -0.05) is 57.2 Å². The Kier molecular flexibility index (Phi) is 5.62. The van der Waals surface area contributed by atoms with E-state index in [1.807, 2.05) is 12.1 Å². The van der Waals surface area contributed by atoms with Crippen LogP contribution in [0.2, 0.25) is 0 Å². The fourth-order valence-electron chi connectivity index (χ4n) is 3.49. The molecule has 1 heterocycles. The summed E-state index contributed by atoms with van der Waals surface area (Å²) in [7, 11) is 0. The summed E-state index contributed by atoms with van der Waals surface area (Å²) in [5, 5.41) is 22.9. The van der Waals surface area contributed by atoms with Crippen LogP contribution in [0.3, 0.4) is 0 Å². The van der Waals surface area contributed by atoms with E-state index in [0.29, 0.717) is 11.1 Å². The van der Waals surface area contributed by atoms with Gasteiger partial charge in [0.25, 0.3) is 5.69 Å². The van der Waals surface area contributed by atoms with Crippen molar-refractivity contribution in [2.45, 2.75) is 26.2 Å². The van der Waals surface area contributed by atoms with Gasteiger partial charge in [0.1, 0.15) is 5.58 Å². The van der Waals surface area contributed by atoms with Crippen molar-refractivity contribution in [2.75, 3.05) is 0 Å². The highest BCUT2D eigenvalue weighted by molar-refractivity contribution is 5.82. The molecule has 0 saturated carbocycles. The van der Waals surface area contributed by atoms with E-state index in [0.717, 1.165) is 23.8 Å². The van der Waals surface area contributed by atoms with E-state index in [2.05, 4.69) is 20.8 Å². The maximum atomic E-state index is 13.3. The summed E-state index contributed by atoms with van der Waals surface area (Å²) in [6, 6.07) is 16.9. The Morgan fingerprint density at radius 1 is 0.882 bits per heavy atom. The fourth-order valence-corrected chi connectivity index (χ4v) is 3.49. The Morgan fingerprint density at radius 3 is 2.18 bits per heavy atom. The largest absolute Gasteiger partial charge is 0.452 e. The molecule has 3 aromatic carbocycles. The zero-order chi connectivity index (χ0) is 24.6. The van der Waals surface area contributed by atoms with E-state index >= 15 is 0 Å². The Hall–Kier alpha value is -4.53. The molecule has 0 radical (unpaired) electrons. The number of hydrogen-bond acceptors (Lipinski definition) is 7. The zero-order valence-electron chi connectivity index (χ0n) is 18.6. The van der Waals surface area contributed by atoms with Crippen LogP contribution in [-0.4, -0.2) is 9.85 Å². The van der Waals surface area contributed by atoms with Gasteiger partial charge in [-0.05, 0) is 29.2 Å². The average Bonchev–Trinajstić information content (AvgIpc) is 2.80. The van der Waals surface area contributed by atoms with Crippen LogP contribution in [0, 0.1) is 20.2 Å². The summed E-state index contributed by atoms with van der Waals surface area (Å²) < 4.78 is 11.8. The monoisotopic (exact) mass is 460 g/mol. The van der Waals surface area contributed by atoms with Gasteiger partial charge in [0.05, 0.1) is 21.3 Å². The third-order valence-electron chi connectivity index (χ3n) is 5.33. The van der Waals surface area contributed by atoms with E-state index in [9.17, 15) is 25.0 Å². The SMILES string of the molecule is CC(C)(C)c1ccc(-c2oc3ccccc3c(=O)c2Oc2ccc([N+](=O)[O-])cc2[N+](=O)[O-])cc1. The lowest BCUT2D eigenvalue weighted by Gasteiger charge is -2.19. The highest BCUT2D eigenvalue weighted by atomic mass is 16.6. The lowest BCUT2D eigenvalue weighted by molar-refractivity contribution is -0.394. The molecule has 0 spiro atoms. The van der Waals surface area contributed by atoms with Crippen molar-refractivity contribution in [2.24, 2.45) is 0 Å². The van der Waals surface area contributed by atoms with E-state index in [1.165, 1.54) is 0 Å². The minimum atomic E-state index is -0.803. The highest BCUT2D eigenvalue weighted by Crippen LogP contribution is 2.39. The topological polar surface area (TPSA) is 126 Å². The van der Waals surface area contributed by atoms with Gasteiger partial charge in [-0.25, -0.2) is 0 Å². The molecule has 0 saturated heterocycles. The van der Waals surface area contributed by atoms with Crippen molar-refractivity contribution in [3.8, 4) is 22.8 Å². The van der Waals surface area contributed by atoms with E-state index in [4.69, 9.17) is 9.15 Å². The first-order chi connectivity index (χ1) is 16.1. The van der Waals surface area contributed by atoms with Crippen LogP contribution in [0.15, 0.2) is 75.9 Å². The van der Waals surface area contributed by atoms with Crippen LogP contribution in [0.4, 0.5) is 11.4 Å². The molecule has 0 amide bonds. The molecule has 0 fully saturated rings. The Morgan fingerprint density at radius 2 is 1.56 bits per heavy atom. The molecule has 9 heteroatoms. The van der Waals surface area contributed by atoms with Crippen molar-refractivity contribution in [1.82, 2.24) is 0 Å². The maximum absolute atomic E-state index is 13.3. The molecular weight excluding hydrogens is 440 g/mol. The minimum Gasteiger partial charge on any atom is -0.452 e. The van der Waals surface area contributed by atoms with Crippen LogP contribution in [0.1, 0.15) is 26.3 Å². The molecule has 0 aliphatic heterocycles. The number of rotatable bonds is 5. The Balaban J connectivity index is 1.92. The summed E-state index contributed by atoms with van der Waals surface area (Å²) in [6.07, 6.45) is 0. The van der Waals surface area contributed by atoms with Gasteiger partial charge >= 0.3 is 5.69 Å². The Labute approximate surface area is 193 Å². The van der Waals surface area contributed by atoms with E-state index in [1.54, 1.807) is 36.4 Å². The first-order valence-corrected chi connectivity index (χ1v) is 10.3. The van der Waals surface area contributed by atoms with Crippen LogP contribution < -0.4 is 10.2 Å². The number of nitro benzene ring substituents is 2. The minimum absolute atomic E-state index is 0.0943. The molecule has 4 aromatic rings. The van der Waals surface area contributed by atoms with Crippen molar-refractivity contribution < 1.29 is 19.0 Å². The number of non-ortho nitro benzene ring substituents is 1. The summed E-state index contributed by atoms with van der Waals surface area (Å²) in [5.41, 5.74) is 0.195. The van der Waals surface area contributed by atoms with Crippen LogP contribution >= 0.6 is 0 Å². The highest BCUT2D eigenvalue weighted by Gasteiger charge is 2.25. The van der Waals surface area contributed by atoms with Gasteiger partial charge in [-0.3, -0.25) is 25.0 Å². The van der Waals surface area contributed by atoms with Crippen molar-refractivity contribution >= 4 is 22.3 Å². The molecule has 0 atom stereocenters. The molecule has 0 unspecified atom stereocenters. The number of fused-ring (bicyclic) bond motifs is 1. The Bertz CT molecular complexity index is 1480. The summed E-state index contributed by atoms with van der Waals surface area (Å²) >= 11 is 0. The fraction of sp³-hybridized carbons (Fsp3) is 0.160. The van der Waals surface area contributed by atoms with Crippen LogP contribution in [0.25, 0.3) is 22.3 Å². The predicted octanol–water partition coefficient (Wildman–Crippen LogP) is 6.37. The molecule has 0 N–H and O–H groups in total. The number of ether oxygens (including phenoxy) is 1. The van der Waals surface area contributed by atoms with Crippen molar-refractivity contribution in [3.05, 3.63) is 103 Å². The van der Waals surface area contributed by atoms with Crippen molar-refractivity contribution in [3.63, 3.8) is 0 Å². The molecule has 1 aromatic heterocycles. The zero-order valence-corrected chi connectivity index (χ0v) is 18.6. The average molecular weight is 460 g/mol. The molecule has 9 nitrogen and oxygen atoms in total. The number of nitrogens with zero attached hydrogens (tertiary/aromatic N) is 2. The smallest absolute Gasteiger partial charge is 0.318 e. The molecule has 0 bridgehead atoms. The second-order valence-electron chi connectivity index (χ2n) is 8.68. The molecule has 0 aliphatic carbocycles. The summed E-state index contributed by atoms with van der Waals surface area (Å²) in [6.45, 7) is 6.21. The number of para-hydroxylation sites is 1. The number of nitro groups is 2. The molecule has 172 valence electrons. The summed E-state index contributed by atoms with van der Waals surface area (Å²) in [4.78, 5) is 34.4. The quantitative estimate of drug-likeness (QED) is 0.250. The van der Waals surface area contributed by atoms with Gasteiger partial charge in [0.15, 0.2) is 5.76 Å². The maximum Gasteiger partial charge on any atom is 0.318 e. The normalized spacial score (nSPS) is 11.4. The summed E-state index contributed by atoms with van der Waals surface area (Å²) in [5.74, 6) is -0.471. The van der Waals surface area contributed by atoms with Gasteiger partial charge in [-0.15, -0.1) is 0 Å². The van der Waals surface area contributed by atoms with Crippen molar-refractivity contribution in [1.29, 1.82) is 0 Å². The van der Waals surface area contributed by atoms with Crippen LogP contribution in [-0.2, 0) is 5.41 Å². The van der Waals surface area contributed by atoms with Gasteiger partial charge in [0.2, 0.25) is 16.9 Å². The molecule has 4 rings (SSSR count). The molecular formula is C25H20N2O7. The third kappa shape index (κ3) is 4.23. The van der Waals surface area contributed by atoms with Gasteiger partial charge in [-0.2, -0.15) is 0 Å². The van der Waals surface area contributed by atoms with Crippen LogP contribution in [0.5, 0.6) is 11.5 Å². The van der Waals surface area contributed by atoms with Gasteiger partial charge < -0.3 is 9.15 Å². The molecule has 0 aliphatic rings. The van der Waals surface area contributed by atoms with E-state index < -0.39 is 26.7 Å². The number of benzene rings is 3. The lowest BCUT2D eigenvalue weighted by Crippen LogP contribution is -2.11. The first-order valence-electron chi connectivity index (χ1n) is 10.3. The predicted molar refractivity (Wildman–Crippen MR) is 126 cm³/mol. The second kappa shape index (κ2) is 8.43. The first kappa shape index (κ1) is 22.7. The standard InChI is InChI=1S/C25H20N2O7/c1-25(2,3)16-10-8-15(9-11-16)23-24(22(28)18-6-4-5-7-20(18)33-23)34-21-13-12-17(26(29)30)14-19(21)27(31)32/h4-14H,1-3H3.